The smallest absolute Gasteiger partial charge is 0.241 e. The van der Waals surface area contributed by atoms with Gasteiger partial charge in [-0.05, 0) is 43.7 Å². The number of aromatic hydroxyl groups is 1. The fourth-order valence-corrected chi connectivity index (χ4v) is 3.40. The number of phenolic OH excluding ortho intramolecular Hbond substituents is 1. The Morgan fingerprint density at radius 3 is 2.52 bits per heavy atom. The van der Waals surface area contributed by atoms with E-state index in [2.05, 4.69) is 15.1 Å². The average molecular weight is 369 g/mol. The second-order valence-electron chi connectivity index (χ2n) is 6.88. The van der Waals surface area contributed by atoms with Crippen molar-refractivity contribution < 1.29 is 14.6 Å². The molecule has 1 aliphatic heterocycles. The van der Waals surface area contributed by atoms with Crippen molar-refractivity contribution in [3.05, 3.63) is 48.0 Å². The summed E-state index contributed by atoms with van der Waals surface area (Å²) in [6.45, 7) is 6.96. The number of anilines is 2. The van der Waals surface area contributed by atoms with Crippen molar-refractivity contribution in [1.82, 2.24) is 4.90 Å². The van der Waals surface area contributed by atoms with Crippen LogP contribution in [0.2, 0.25) is 0 Å². The van der Waals surface area contributed by atoms with Gasteiger partial charge in [-0.3, -0.25) is 9.69 Å². The lowest BCUT2D eigenvalue weighted by Crippen LogP contribution is -2.52. The number of carbonyl (C=O) groups is 1. The highest BCUT2D eigenvalue weighted by molar-refractivity contribution is 5.96. The molecule has 27 heavy (non-hydrogen) atoms. The summed E-state index contributed by atoms with van der Waals surface area (Å²) in [6, 6.07) is 12.9. The van der Waals surface area contributed by atoms with Gasteiger partial charge in [0.1, 0.15) is 11.5 Å². The number of aryl methyl sites for hydroxylation is 1. The monoisotopic (exact) mass is 369 g/mol. The van der Waals surface area contributed by atoms with Crippen LogP contribution in [0.15, 0.2) is 42.5 Å². The van der Waals surface area contributed by atoms with E-state index in [4.69, 9.17) is 4.74 Å². The number of nitrogens with zero attached hydrogens (tertiary/aromatic N) is 2. The number of rotatable bonds is 5. The van der Waals surface area contributed by atoms with Crippen LogP contribution >= 0.6 is 0 Å². The molecule has 0 radical (unpaired) electrons. The van der Waals surface area contributed by atoms with Crippen LogP contribution in [0.25, 0.3) is 0 Å². The first-order chi connectivity index (χ1) is 13.0. The van der Waals surface area contributed by atoms with E-state index in [1.165, 1.54) is 0 Å². The first kappa shape index (κ1) is 19.0. The van der Waals surface area contributed by atoms with Gasteiger partial charge in [0, 0.05) is 26.2 Å². The summed E-state index contributed by atoms with van der Waals surface area (Å²) < 4.78 is 5.34. The predicted molar refractivity (Wildman–Crippen MR) is 108 cm³/mol. The summed E-state index contributed by atoms with van der Waals surface area (Å²) in [5, 5.41) is 13.0. The molecule has 6 nitrogen and oxygen atoms in total. The van der Waals surface area contributed by atoms with E-state index in [1.54, 1.807) is 13.2 Å². The Labute approximate surface area is 160 Å². The topological polar surface area (TPSA) is 65.0 Å². The highest BCUT2D eigenvalue weighted by atomic mass is 16.5. The molecule has 0 aliphatic carbocycles. The summed E-state index contributed by atoms with van der Waals surface area (Å²) in [4.78, 5) is 17.0. The second-order valence-corrected chi connectivity index (χ2v) is 6.88. The van der Waals surface area contributed by atoms with Gasteiger partial charge in [0.05, 0.1) is 24.5 Å². The lowest BCUT2D eigenvalue weighted by atomic mass is 10.1. The molecule has 0 spiro atoms. The maximum absolute atomic E-state index is 12.7. The Bertz CT molecular complexity index is 801. The Kier molecular flexibility index (Phi) is 5.86. The number of piperazine rings is 1. The van der Waals surface area contributed by atoms with Crippen molar-refractivity contribution in [1.29, 1.82) is 0 Å². The molecule has 1 atom stereocenters. The molecule has 6 heteroatoms. The average Bonchev–Trinajstić information content (AvgIpc) is 2.68. The van der Waals surface area contributed by atoms with E-state index in [-0.39, 0.29) is 11.9 Å². The third-order valence-corrected chi connectivity index (χ3v) is 5.08. The highest BCUT2D eigenvalue weighted by Crippen LogP contribution is 2.28. The highest BCUT2D eigenvalue weighted by Gasteiger charge is 2.27. The maximum atomic E-state index is 12.7. The number of benzene rings is 2. The van der Waals surface area contributed by atoms with Gasteiger partial charge in [0.25, 0.3) is 0 Å². The summed E-state index contributed by atoms with van der Waals surface area (Å²) in [6.07, 6.45) is 0. The van der Waals surface area contributed by atoms with Crippen molar-refractivity contribution in [2.75, 3.05) is 43.5 Å². The van der Waals surface area contributed by atoms with Gasteiger partial charge < -0.3 is 20.1 Å². The third kappa shape index (κ3) is 4.34. The molecule has 0 bridgehead atoms. The van der Waals surface area contributed by atoms with Crippen molar-refractivity contribution in [3.63, 3.8) is 0 Å². The van der Waals surface area contributed by atoms with Crippen LogP contribution in [0.1, 0.15) is 12.5 Å². The number of para-hydroxylation sites is 2. The first-order valence-corrected chi connectivity index (χ1v) is 9.22. The zero-order valence-electron chi connectivity index (χ0n) is 16.1. The van der Waals surface area contributed by atoms with Gasteiger partial charge in [-0.15, -0.1) is 0 Å². The second kappa shape index (κ2) is 8.31. The fraction of sp³-hybridized carbons (Fsp3) is 0.381. The van der Waals surface area contributed by atoms with E-state index in [0.29, 0.717) is 17.2 Å². The van der Waals surface area contributed by atoms with E-state index in [1.807, 2.05) is 50.2 Å². The molecule has 0 saturated carbocycles. The van der Waals surface area contributed by atoms with Crippen LogP contribution in [-0.2, 0) is 4.79 Å². The minimum Gasteiger partial charge on any atom is -0.506 e. The van der Waals surface area contributed by atoms with Crippen molar-refractivity contribution in [2.45, 2.75) is 19.9 Å². The molecule has 144 valence electrons. The van der Waals surface area contributed by atoms with Crippen molar-refractivity contribution in [3.8, 4) is 11.5 Å². The zero-order valence-corrected chi connectivity index (χ0v) is 16.1. The molecular formula is C21H27N3O3. The van der Waals surface area contributed by atoms with E-state index < -0.39 is 0 Å². The molecule has 0 aromatic heterocycles. The van der Waals surface area contributed by atoms with Gasteiger partial charge in [-0.25, -0.2) is 0 Å². The number of nitrogens with one attached hydrogen (secondary N) is 1. The molecule has 2 aromatic rings. The number of methoxy groups -OCH3 is 1. The van der Waals surface area contributed by atoms with Crippen LogP contribution in [-0.4, -0.2) is 55.2 Å². The summed E-state index contributed by atoms with van der Waals surface area (Å²) in [7, 11) is 1.60. The Hall–Kier alpha value is -2.73. The molecular weight excluding hydrogens is 342 g/mol. The summed E-state index contributed by atoms with van der Waals surface area (Å²) in [5.41, 5.74) is 2.61. The minimum atomic E-state index is -0.248. The van der Waals surface area contributed by atoms with E-state index in [9.17, 15) is 9.90 Å². The lowest BCUT2D eigenvalue weighted by Gasteiger charge is -2.38. The molecule has 2 N–H and O–H groups in total. The summed E-state index contributed by atoms with van der Waals surface area (Å²) in [5.74, 6) is 0.906. The van der Waals surface area contributed by atoms with Crippen molar-refractivity contribution in [2.24, 2.45) is 0 Å². The normalized spacial score (nSPS) is 16.0. The zero-order chi connectivity index (χ0) is 19.4. The van der Waals surface area contributed by atoms with Gasteiger partial charge in [0.2, 0.25) is 5.91 Å². The maximum Gasteiger partial charge on any atom is 0.241 e. The molecule has 0 unspecified atom stereocenters. The molecule has 1 fully saturated rings. The number of amides is 1. The van der Waals surface area contributed by atoms with E-state index >= 15 is 0 Å². The Morgan fingerprint density at radius 1 is 1.15 bits per heavy atom. The van der Waals surface area contributed by atoms with Crippen LogP contribution in [0.4, 0.5) is 11.4 Å². The molecule has 1 saturated heterocycles. The first-order valence-electron chi connectivity index (χ1n) is 9.22. The summed E-state index contributed by atoms with van der Waals surface area (Å²) >= 11 is 0. The largest absolute Gasteiger partial charge is 0.506 e. The van der Waals surface area contributed by atoms with Gasteiger partial charge >= 0.3 is 0 Å². The number of phenols is 1. The molecule has 2 aromatic carbocycles. The molecule has 1 aliphatic rings. The standard InChI is InChI=1S/C21H27N3O3/c1-15-8-9-20(27-3)17(14-15)22-21(26)16(2)23-10-12-24(13-11-23)18-6-4-5-7-19(18)25/h4-9,14,16,25H,10-13H2,1-3H3,(H,22,26)/t16-/m0/s1. The van der Waals surface area contributed by atoms with Crippen LogP contribution in [0, 0.1) is 6.92 Å². The Morgan fingerprint density at radius 2 is 1.85 bits per heavy atom. The lowest BCUT2D eigenvalue weighted by molar-refractivity contribution is -0.120. The Balaban J connectivity index is 1.61. The molecule has 1 amide bonds. The quantitative estimate of drug-likeness (QED) is 0.848. The fourth-order valence-electron chi connectivity index (χ4n) is 3.40. The van der Waals surface area contributed by atoms with Gasteiger partial charge in [-0.1, -0.05) is 18.2 Å². The number of hydrogen-bond acceptors (Lipinski definition) is 5. The van der Waals surface area contributed by atoms with Crippen LogP contribution < -0.4 is 15.0 Å². The number of hydrogen-bond donors (Lipinski definition) is 2. The van der Waals surface area contributed by atoms with E-state index in [0.717, 1.165) is 37.4 Å². The minimum absolute atomic E-state index is 0.0464. The van der Waals surface area contributed by atoms with Gasteiger partial charge in [0.15, 0.2) is 0 Å². The number of ether oxygens (including phenoxy) is 1. The van der Waals surface area contributed by atoms with Crippen LogP contribution in [0.3, 0.4) is 0 Å². The molecule has 3 rings (SSSR count). The SMILES string of the molecule is COc1ccc(C)cc1NC(=O)[C@H](C)N1CCN(c2ccccc2O)CC1. The van der Waals surface area contributed by atoms with Gasteiger partial charge in [-0.2, -0.15) is 0 Å². The third-order valence-electron chi connectivity index (χ3n) is 5.08. The number of carbonyl (C=O) groups excluding carboxylic acids is 1. The van der Waals surface area contributed by atoms with Crippen LogP contribution in [0.5, 0.6) is 11.5 Å². The molecule has 1 heterocycles. The predicted octanol–water partition coefficient (Wildman–Crippen LogP) is 2.86. The van der Waals surface area contributed by atoms with Crippen molar-refractivity contribution >= 4 is 17.3 Å².